The summed E-state index contributed by atoms with van der Waals surface area (Å²) in [6.07, 6.45) is 1.54. The van der Waals surface area contributed by atoms with Crippen LogP contribution in [0.2, 0.25) is 0 Å². The molecule has 0 N–H and O–H groups in total. The molecule has 0 aliphatic heterocycles. The Morgan fingerprint density at radius 2 is 1.78 bits per heavy atom. The highest BCUT2D eigenvalue weighted by molar-refractivity contribution is 5.37. The Morgan fingerprint density at radius 3 is 2.33 bits per heavy atom. The van der Waals surface area contributed by atoms with Gasteiger partial charge in [0.05, 0.1) is 6.33 Å². The van der Waals surface area contributed by atoms with Crippen LogP contribution in [-0.4, -0.2) is 9.55 Å². The minimum absolute atomic E-state index is 0.182. The fraction of sp³-hybridized carbons (Fsp3) is 0.214. The van der Waals surface area contributed by atoms with E-state index in [-0.39, 0.29) is 5.69 Å². The van der Waals surface area contributed by atoms with Crippen molar-refractivity contribution in [1.29, 1.82) is 10.5 Å². The molecule has 88 valence electrons. The second kappa shape index (κ2) is 4.73. The molecule has 0 aliphatic carbocycles. The van der Waals surface area contributed by atoms with Gasteiger partial charge in [-0.05, 0) is 19.4 Å². The molecule has 0 saturated heterocycles. The minimum Gasteiger partial charge on any atom is -0.317 e. The summed E-state index contributed by atoms with van der Waals surface area (Å²) < 4.78 is 1.70. The first-order chi connectivity index (χ1) is 8.63. The summed E-state index contributed by atoms with van der Waals surface area (Å²) in [6, 6.07) is 10.2. The molecule has 0 fully saturated rings. The number of nitrogens with zero attached hydrogens (tertiary/aromatic N) is 4. The maximum Gasteiger partial charge on any atom is 0.176 e. The summed E-state index contributed by atoms with van der Waals surface area (Å²) in [5.41, 5.74) is 3.97. The zero-order valence-corrected chi connectivity index (χ0v) is 10.3. The number of rotatable bonds is 2. The molecule has 0 spiro atoms. The standard InChI is InChI=1S/C14H12N4/c1-10-3-11(2)5-12(4-10)8-18-9-17-13(6-15)14(18)7-16/h3-5,9H,8H2,1-2H3. The van der Waals surface area contributed by atoms with E-state index in [9.17, 15) is 0 Å². The molecule has 0 bridgehead atoms. The minimum atomic E-state index is 0.182. The molecule has 0 atom stereocenters. The quantitative estimate of drug-likeness (QED) is 0.803. The molecule has 4 heteroatoms. The van der Waals surface area contributed by atoms with Crippen molar-refractivity contribution in [1.82, 2.24) is 9.55 Å². The molecule has 0 aliphatic rings. The normalized spacial score (nSPS) is 9.78. The van der Waals surface area contributed by atoms with Gasteiger partial charge < -0.3 is 4.57 Å². The van der Waals surface area contributed by atoms with Crippen molar-refractivity contribution in [2.75, 3.05) is 0 Å². The fourth-order valence-corrected chi connectivity index (χ4v) is 2.06. The second-order valence-corrected chi connectivity index (χ2v) is 4.29. The van der Waals surface area contributed by atoms with E-state index < -0.39 is 0 Å². The highest BCUT2D eigenvalue weighted by atomic mass is 15.1. The summed E-state index contributed by atoms with van der Waals surface area (Å²) in [7, 11) is 0. The number of hydrogen-bond acceptors (Lipinski definition) is 3. The van der Waals surface area contributed by atoms with Crippen LogP contribution in [0.25, 0.3) is 0 Å². The summed E-state index contributed by atoms with van der Waals surface area (Å²) in [5, 5.41) is 17.9. The molecule has 4 nitrogen and oxygen atoms in total. The van der Waals surface area contributed by atoms with E-state index in [0.29, 0.717) is 12.2 Å². The molecular formula is C14H12N4. The summed E-state index contributed by atoms with van der Waals surface area (Å²) >= 11 is 0. The van der Waals surface area contributed by atoms with Crippen LogP contribution in [0.4, 0.5) is 0 Å². The van der Waals surface area contributed by atoms with Crippen LogP contribution in [-0.2, 0) is 6.54 Å². The van der Waals surface area contributed by atoms with E-state index in [1.54, 1.807) is 4.57 Å². The monoisotopic (exact) mass is 236 g/mol. The van der Waals surface area contributed by atoms with Crippen molar-refractivity contribution in [3.8, 4) is 12.1 Å². The first kappa shape index (κ1) is 11.9. The Bertz CT molecular complexity index is 648. The lowest BCUT2D eigenvalue weighted by Gasteiger charge is -2.06. The van der Waals surface area contributed by atoms with Gasteiger partial charge in [0, 0.05) is 6.54 Å². The number of aryl methyl sites for hydroxylation is 2. The van der Waals surface area contributed by atoms with Crippen LogP contribution in [0.3, 0.4) is 0 Å². The van der Waals surface area contributed by atoms with Crippen molar-refractivity contribution in [3.05, 3.63) is 52.6 Å². The smallest absolute Gasteiger partial charge is 0.176 e. The van der Waals surface area contributed by atoms with E-state index in [1.807, 2.05) is 26.0 Å². The van der Waals surface area contributed by atoms with Crippen molar-refractivity contribution in [2.24, 2.45) is 0 Å². The van der Waals surface area contributed by atoms with Crippen LogP contribution >= 0.6 is 0 Å². The molecule has 2 aromatic rings. The van der Waals surface area contributed by atoms with Crippen LogP contribution in [0, 0.1) is 36.5 Å². The Labute approximate surface area is 106 Å². The first-order valence-corrected chi connectivity index (χ1v) is 5.56. The average molecular weight is 236 g/mol. The van der Waals surface area contributed by atoms with Gasteiger partial charge in [0.1, 0.15) is 12.1 Å². The number of aromatic nitrogens is 2. The molecule has 0 amide bonds. The number of benzene rings is 1. The molecule has 0 unspecified atom stereocenters. The van der Waals surface area contributed by atoms with Crippen LogP contribution in [0.15, 0.2) is 24.5 Å². The highest BCUT2D eigenvalue weighted by Crippen LogP contribution is 2.13. The van der Waals surface area contributed by atoms with E-state index in [1.165, 1.54) is 17.5 Å². The van der Waals surface area contributed by atoms with Crippen LogP contribution in [0.1, 0.15) is 28.1 Å². The van der Waals surface area contributed by atoms with Gasteiger partial charge in [-0.1, -0.05) is 29.3 Å². The molecular weight excluding hydrogens is 224 g/mol. The maximum absolute atomic E-state index is 9.04. The molecule has 0 saturated carbocycles. The van der Waals surface area contributed by atoms with E-state index in [0.717, 1.165) is 5.56 Å². The average Bonchev–Trinajstić information content (AvgIpc) is 2.69. The number of hydrogen-bond donors (Lipinski definition) is 0. The molecule has 0 radical (unpaired) electrons. The van der Waals surface area contributed by atoms with Gasteiger partial charge in [-0.3, -0.25) is 0 Å². The predicted octanol–water partition coefficient (Wildman–Crippen LogP) is 2.29. The maximum atomic E-state index is 9.04. The summed E-state index contributed by atoms with van der Waals surface area (Å²) in [6.45, 7) is 4.63. The van der Waals surface area contributed by atoms with Gasteiger partial charge >= 0.3 is 0 Å². The third kappa shape index (κ3) is 2.23. The van der Waals surface area contributed by atoms with Crippen LogP contribution in [0.5, 0.6) is 0 Å². The largest absolute Gasteiger partial charge is 0.317 e. The van der Waals surface area contributed by atoms with Gasteiger partial charge in [0.25, 0.3) is 0 Å². The fourth-order valence-electron chi connectivity index (χ4n) is 2.06. The lowest BCUT2D eigenvalue weighted by Crippen LogP contribution is -2.02. The zero-order chi connectivity index (χ0) is 13.1. The zero-order valence-electron chi connectivity index (χ0n) is 10.3. The molecule has 18 heavy (non-hydrogen) atoms. The third-order valence-corrected chi connectivity index (χ3v) is 2.68. The Balaban J connectivity index is 2.38. The Hall–Kier alpha value is -2.59. The van der Waals surface area contributed by atoms with Gasteiger partial charge in [0.2, 0.25) is 0 Å². The van der Waals surface area contributed by atoms with E-state index in [2.05, 4.69) is 23.2 Å². The predicted molar refractivity (Wildman–Crippen MR) is 66.7 cm³/mol. The van der Waals surface area contributed by atoms with Crippen molar-refractivity contribution >= 4 is 0 Å². The lowest BCUT2D eigenvalue weighted by atomic mass is 10.1. The third-order valence-electron chi connectivity index (χ3n) is 2.68. The lowest BCUT2D eigenvalue weighted by molar-refractivity contribution is 0.784. The van der Waals surface area contributed by atoms with E-state index >= 15 is 0 Å². The SMILES string of the molecule is Cc1cc(C)cc(Cn2cnc(C#N)c2C#N)c1. The first-order valence-electron chi connectivity index (χ1n) is 5.56. The molecule has 2 rings (SSSR count). The molecule has 1 aromatic heterocycles. The van der Waals surface area contributed by atoms with Gasteiger partial charge in [-0.25, -0.2) is 4.98 Å². The highest BCUT2D eigenvalue weighted by Gasteiger charge is 2.10. The Morgan fingerprint density at radius 1 is 1.11 bits per heavy atom. The van der Waals surface area contributed by atoms with Crippen LogP contribution < -0.4 is 0 Å². The second-order valence-electron chi connectivity index (χ2n) is 4.29. The van der Waals surface area contributed by atoms with Gasteiger partial charge in [-0.15, -0.1) is 0 Å². The van der Waals surface area contributed by atoms with Crippen molar-refractivity contribution in [3.63, 3.8) is 0 Å². The van der Waals surface area contributed by atoms with Crippen molar-refractivity contribution < 1.29 is 0 Å². The summed E-state index contributed by atoms with van der Waals surface area (Å²) in [4.78, 5) is 3.93. The van der Waals surface area contributed by atoms with Crippen molar-refractivity contribution in [2.45, 2.75) is 20.4 Å². The topological polar surface area (TPSA) is 65.4 Å². The summed E-state index contributed by atoms with van der Waals surface area (Å²) in [5.74, 6) is 0. The molecule has 1 aromatic carbocycles. The number of nitriles is 2. The molecule has 1 heterocycles. The van der Waals surface area contributed by atoms with E-state index in [4.69, 9.17) is 10.5 Å². The number of imidazole rings is 1. The Kier molecular flexibility index (Phi) is 3.12. The van der Waals surface area contributed by atoms with Gasteiger partial charge in [0.15, 0.2) is 11.4 Å². The van der Waals surface area contributed by atoms with Gasteiger partial charge in [-0.2, -0.15) is 10.5 Å².